The van der Waals surface area contributed by atoms with Crippen LogP contribution in [0.2, 0.25) is 0 Å². The van der Waals surface area contributed by atoms with Gasteiger partial charge in [-0.3, -0.25) is 4.79 Å². The van der Waals surface area contributed by atoms with Gasteiger partial charge < -0.3 is 10.1 Å². The van der Waals surface area contributed by atoms with Crippen molar-refractivity contribution < 1.29 is 9.53 Å². The maximum absolute atomic E-state index is 11.6. The van der Waals surface area contributed by atoms with E-state index in [1.54, 1.807) is 0 Å². The van der Waals surface area contributed by atoms with Crippen LogP contribution in [0.5, 0.6) is 0 Å². The van der Waals surface area contributed by atoms with Crippen LogP contribution in [0.25, 0.3) is 0 Å². The zero-order valence-electron chi connectivity index (χ0n) is 9.62. The van der Waals surface area contributed by atoms with Gasteiger partial charge in [0, 0.05) is 12.6 Å². The molecule has 0 radical (unpaired) electrons. The highest BCUT2D eigenvalue weighted by molar-refractivity contribution is 7.99. The third-order valence-corrected chi connectivity index (χ3v) is 3.44. The topological polar surface area (TPSA) is 38.3 Å². The predicted octanol–water partition coefficient (Wildman–Crippen LogP) is 1.81. The van der Waals surface area contributed by atoms with Crippen molar-refractivity contribution in [3.8, 4) is 0 Å². The standard InChI is InChI=1S/C11H21NO2S/c1-3-15-8-6-9(2)12-11(13)10-5-4-7-14-10/h9-10H,3-8H2,1-2H3,(H,12,13)/t9-,10-/m0/s1. The second-order valence-electron chi connectivity index (χ2n) is 3.90. The van der Waals surface area contributed by atoms with Crippen LogP contribution in [0.1, 0.15) is 33.1 Å². The molecule has 1 amide bonds. The Morgan fingerprint density at radius 1 is 1.67 bits per heavy atom. The normalized spacial score (nSPS) is 22.7. The van der Waals surface area contributed by atoms with Crippen LogP contribution < -0.4 is 5.32 Å². The maximum Gasteiger partial charge on any atom is 0.249 e. The van der Waals surface area contributed by atoms with Gasteiger partial charge in [-0.15, -0.1) is 0 Å². The lowest BCUT2D eigenvalue weighted by molar-refractivity contribution is -0.130. The highest BCUT2D eigenvalue weighted by Gasteiger charge is 2.24. The Balaban J connectivity index is 2.13. The summed E-state index contributed by atoms with van der Waals surface area (Å²) in [7, 11) is 0. The largest absolute Gasteiger partial charge is 0.368 e. The molecule has 1 saturated heterocycles. The molecule has 0 spiro atoms. The lowest BCUT2D eigenvalue weighted by Crippen LogP contribution is -2.40. The Labute approximate surface area is 96.3 Å². The minimum atomic E-state index is -0.189. The Kier molecular flexibility index (Phi) is 6.10. The SMILES string of the molecule is CCSCC[C@H](C)NC(=O)[C@@H]1CCCO1. The molecular weight excluding hydrogens is 210 g/mol. The lowest BCUT2D eigenvalue weighted by Gasteiger charge is -2.16. The summed E-state index contributed by atoms with van der Waals surface area (Å²) in [6.45, 7) is 4.95. The van der Waals surface area contributed by atoms with E-state index in [0.717, 1.165) is 37.4 Å². The molecule has 88 valence electrons. The van der Waals surface area contributed by atoms with Gasteiger partial charge in [-0.2, -0.15) is 11.8 Å². The minimum absolute atomic E-state index is 0.0708. The third kappa shape index (κ3) is 4.89. The number of hydrogen-bond acceptors (Lipinski definition) is 3. The molecule has 1 N–H and O–H groups in total. The van der Waals surface area contributed by atoms with Crippen molar-refractivity contribution in [2.24, 2.45) is 0 Å². The first kappa shape index (κ1) is 12.8. The van der Waals surface area contributed by atoms with Crippen molar-refractivity contribution in [2.45, 2.75) is 45.3 Å². The smallest absolute Gasteiger partial charge is 0.249 e. The molecule has 2 atom stereocenters. The molecule has 1 rings (SSSR count). The van der Waals surface area contributed by atoms with E-state index in [2.05, 4.69) is 19.2 Å². The van der Waals surface area contributed by atoms with Crippen molar-refractivity contribution >= 4 is 17.7 Å². The van der Waals surface area contributed by atoms with Crippen LogP contribution in [0.15, 0.2) is 0 Å². The van der Waals surface area contributed by atoms with Gasteiger partial charge in [0.1, 0.15) is 6.10 Å². The molecule has 0 unspecified atom stereocenters. The third-order valence-electron chi connectivity index (χ3n) is 2.51. The Morgan fingerprint density at radius 2 is 2.47 bits per heavy atom. The van der Waals surface area contributed by atoms with Gasteiger partial charge in [-0.1, -0.05) is 6.92 Å². The van der Waals surface area contributed by atoms with Crippen molar-refractivity contribution in [1.82, 2.24) is 5.32 Å². The molecule has 3 nitrogen and oxygen atoms in total. The van der Waals surface area contributed by atoms with Crippen LogP contribution in [-0.2, 0) is 9.53 Å². The predicted molar refractivity (Wildman–Crippen MR) is 64.2 cm³/mol. The fourth-order valence-electron chi connectivity index (χ4n) is 1.60. The van der Waals surface area contributed by atoms with Gasteiger partial charge in [-0.05, 0) is 37.7 Å². The second kappa shape index (κ2) is 7.12. The summed E-state index contributed by atoms with van der Waals surface area (Å²) in [5, 5.41) is 3.00. The quantitative estimate of drug-likeness (QED) is 0.709. The van der Waals surface area contributed by atoms with Crippen LogP contribution in [-0.4, -0.2) is 36.2 Å². The first-order valence-corrected chi connectivity index (χ1v) is 6.89. The lowest BCUT2D eigenvalue weighted by atomic mass is 10.2. The van der Waals surface area contributed by atoms with E-state index in [4.69, 9.17) is 4.74 Å². The maximum atomic E-state index is 11.6. The van der Waals surface area contributed by atoms with Crippen LogP contribution >= 0.6 is 11.8 Å². The van der Waals surface area contributed by atoms with Gasteiger partial charge in [-0.25, -0.2) is 0 Å². The molecule has 1 aliphatic rings. The van der Waals surface area contributed by atoms with E-state index < -0.39 is 0 Å². The number of nitrogens with one attached hydrogen (secondary N) is 1. The number of amides is 1. The zero-order chi connectivity index (χ0) is 11.1. The summed E-state index contributed by atoms with van der Waals surface area (Å²) in [4.78, 5) is 11.6. The van der Waals surface area contributed by atoms with E-state index in [0.29, 0.717) is 0 Å². The fourth-order valence-corrected chi connectivity index (χ4v) is 2.41. The molecule has 0 bridgehead atoms. The van der Waals surface area contributed by atoms with Gasteiger partial charge in [0.2, 0.25) is 5.91 Å². The highest BCUT2D eigenvalue weighted by atomic mass is 32.2. The van der Waals surface area contributed by atoms with Gasteiger partial charge >= 0.3 is 0 Å². The van der Waals surface area contributed by atoms with Gasteiger partial charge in [0.25, 0.3) is 0 Å². The van der Waals surface area contributed by atoms with Crippen LogP contribution in [0, 0.1) is 0 Å². The van der Waals surface area contributed by atoms with Crippen LogP contribution in [0.3, 0.4) is 0 Å². The summed E-state index contributed by atoms with van der Waals surface area (Å²) >= 11 is 1.91. The minimum Gasteiger partial charge on any atom is -0.368 e. The summed E-state index contributed by atoms with van der Waals surface area (Å²) < 4.78 is 5.32. The van der Waals surface area contributed by atoms with Crippen molar-refractivity contribution in [2.75, 3.05) is 18.1 Å². The van der Waals surface area contributed by atoms with E-state index in [1.807, 2.05) is 11.8 Å². The van der Waals surface area contributed by atoms with Crippen molar-refractivity contribution in [1.29, 1.82) is 0 Å². The first-order valence-electron chi connectivity index (χ1n) is 5.73. The number of carbonyl (C=O) groups excluding carboxylic acids is 1. The van der Waals surface area contributed by atoms with Crippen molar-refractivity contribution in [3.63, 3.8) is 0 Å². The Morgan fingerprint density at radius 3 is 3.07 bits per heavy atom. The van der Waals surface area contributed by atoms with E-state index in [-0.39, 0.29) is 18.1 Å². The zero-order valence-corrected chi connectivity index (χ0v) is 10.4. The monoisotopic (exact) mass is 231 g/mol. The molecule has 0 aliphatic carbocycles. The average Bonchev–Trinajstić information content (AvgIpc) is 2.70. The molecule has 0 aromatic carbocycles. The van der Waals surface area contributed by atoms with E-state index >= 15 is 0 Å². The second-order valence-corrected chi connectivity index (χ2v) is 5.29. The van der Waals surface area contributed by atoms with E-state index in [1.165, 1.54) is 0 Å². The number of hydrogen-bond donors (Lipinski definition) is 1. The summed E-state index contributed by atoms with van der Waals surface area (Å²) in [6, 6.07) is 0.265. The number of rotatable bonds is 6. The molecule has 0 aromatic heterocycles. The van der Waals surface area contributed by atoms with Crippen LogP contribution in [0.4, 0.5) is 0 Å². The summed E-state index contributed by atoms with van der Waals surface area (Å²) in [6.07, 6.45) is 2.74. The number of ether oxygens (including phenoxy) is 1. The molecule has 0 aromatic rings. The Hall–Kier alpha value is -0.220. The van der Waals surface area contributed by atoms with E-state index in [9.17, 15) is 4.79 Å². The molecule has 1 heterocycles. The molecule has 15 heavy (non-hydrogen) atoms. The van der Waals surface area contributed by atoms with Gasteiger partial charge in [0.05, 0.1) is 0 Å². The molecule has 4 heteroatoms. The van der Waals surface area contributed by atoms with Gasteiger partial charge in [0.15, 0.2) is 0 Å². The number of thioether (sulfide) groups is 1. The molecule has 1 aliphatic heterocycles. The molecular formula is C11H21NO2S. The molecule has 0 saturated carbocycles. The Bertz CT molecular complexity index is 193. The average molecular weight is 231 g/mol. The molecule has 1 fully saturated rings. The summed E-state index contributed by atoms with van der Waals surface area (Å²) in [5.41, 5.74) is 0. The number of carbonyl (C=O) groups is 1. The summed E-state index contributed by atoms with van der Waals surface area (Å²) in [5.74, 6) is 2.33. The highest BCUT2D eigenvalue weighted by Crippen LogP contribution is 2.12. The van der Waals surface area contributed by atoms with Crippen molar-refractivity contribution in [3.05, 3.63) is 0 Å². The first-order chi connectivity index (χ1) is 7.24. The fraction of sp³-hybridized carbons (Fsp3) is 0.909.